The van der Waals surface area contributed by atoms with E-state index in [2.05, 4.69) is 16.4 Å². The van der Waals surface area contributed by atoms with Crippen LogP contribution in [0.15, 0.2) is 47.3 Å². The van der Waals surface area contributed by atoms with E-state index in [0.717, 1.165) is 0 Å². The van der Waals surface area contributed by atoms with Crippen LogP contribution in [0.3, 0.4) is 0 Å². The maximum absolute atomic E-state index is 13.6. The van der Waals surface area contributed by atoms with E-state index in [1.165, 1.54) is 14.2 Å². The Labute approximate surface area is 298 Å². The van der Waals surface area contributed by atoms with Gasteiger partial charge >= 0.3 is 29.8 Å². The molecular formula is C38H47N3O10. The average molecular weight is 706 g/mol. The number of aromatic nitrogens is 1. The first-order chi connectivity index (χ1) is 23.7. The molecule has 0 amide bonds. The molecule has 0 saturated carbocycles. The van der Waals surface area contributed by atoms with Crippen molar-refractivity contribution in [2.24, 2.45) is 5.41 Å². The Hall–Kier alpha value is -5.38. The molecule has 0 unspecified atom stereocenters. The molecule has 1 saturated heterocycles. The van der Waals surface area contributed by atoms with Crippen LogP contribution in [0.4, 0.5) is 0 Å². The molecule has 0 atom stereocenters. The lowest BCUT2D eigenvalue weighted by molar-refractivity contribution is -0.155. The van der Waals surface area contributed by atoms with Gasteiger partial charge in [0.2, 0.25) is 0 Å². The number of nitrogens with zero attached hydrogens (tertiary/aromatic N) is 1. The van der Waals surface area contributed by atoms with E-state index < -0.39 is 46.5 Å². The van der Waals surface area contributed by atoms with Gasteiger partial charge in [0.1, 0.15) is 29.6 Å². The topological polar surface area (TPSA) is 183 Å². The van der Waals surface area contributed by atoms with Gasteiger partial charge in [-0.2, -0.15) is 5.26 Å². The van der Waals surface area contributed by atoms with E-state index >= 15 is 0 Å². The molecule has 13 heteroatoms. The molecule has 1 aromatic heterocycles. The largest absolute Gasteiger partial charge is 0.469 e. The van der Waals surface area contributed by atoms with Crippen LogP contribution >= 0.6 is 0 Å². The van der Waals surface area contributed by atoms with Crippen molar-refractivity contribution in [2.75, 3.05) is 14.2 Å². The number of nitriles is 1. The minimum Gasteiger partial charge on any atom is -0.469 e. The second-order valence-electron chi connectivity index (χ2n) is 14.6. The van der Waals surface area contributed by atoms with E-state index in [9.17, 15) is 29.2 Å². The third kappa shape index (κ3) is 10.6. The van der Waals surface area contributed by atoms with Crippen LogP contribution in [0.5, 0.6) is 0 Å². The number of carbonyl (C=O) groups is 5. The number of benzene rings is 1. The molecule has 0 bridgehead atoms. The Morgan fingerprint density at radius 2 is 1.45 bits per heavy atom. The first-order valence-corrected chi connectivity index (χ1v) is 16.4. The number of aromatic amines is 1. The van der Waals surface area contributed by atoms with Crippen molar-refractivity contribution in [2.45, 2.75) is 98.9 Å². The zero-order valence-electron chi connectivity index (χ0n) is 31.0. The van der Waals surface area contributed by atoms with Gasteiger partial charge < -0.3 is 34.0 Å². The van der Waals surface area contributed by atoms with Crippen LogP contribution in [0.25, 0.3) is 5.57 Å². The van der Waals surface area contributed by atoms with Gasteiger partial charge in [-0.1, -0.05) is 44.2 Å². The molecule has 1 aromatic carbocycles. The second-order valence-corrected chi connectivity index (χ2v) is 14.6. The maximum Gasteiger partial charge on any atom is 0.355 e. The molecule has 2 N–H and O–H groups in total. The second kappa shape index (κ2) is 16.1. The van der Waals surface area contributed by atoms with Gasteiger partial charge in [-0.3, -0.25) is 9.59 Å². The molecule has 0 aliphatic carbocycles. The minimum absolute atomic E-state index is 0.00998. The lowest BCUT2D eigenvalue weighted by atomic mass is 9.84. The number of hydrogen-bond acceptors (Lipinski definition) is 12. The summed E-state index contributed by atoms with van der Waals surface area (Å²) in [6, 6.07) is 11.2. The number of allylic oxidation sites excluding steroid dienone is 3. The molecule has 2 aromatic rings. The summed E-state index contributed by atoms with van der Waals surface area (Å²) < 4.78 is 26.6. The van der Waals surface area contributed by atoms with Crippen molar-refractivity contribution in [1.82, 2.24) is 10.3 Å². The summed E-state index contributed by atoms with van der Waals surface area (Å²) in [5.74, 6) is -3.83. The van der Waals surface area contributed by atoms with Crippen LogP contribution < -0.4 is 5.32 Å². The summed E-state index contributed by atoms with van der Waals surface area (Å²) in [5.41, 5.74) is -1.41. The summed E-state index contributed by atoms with van der Waals surface area (Å²) in [5, 5.41) is 13.8. The Balaban J connectivity index is 2.28. The van der Waals surface area contributed by atoms with Gasteiger partial charge in [0.25, 0.3) is 0 Å². The minimum atomic E-state index is -0.946. The molecular weight excluding hydrogens is 658 g/mol. The Morgan fingerprint density at radius 1 is 0.843 bits per heavy atom. The van der Waals surface area contributed by atoms with Gasteiger partial charge in [0.05, 0.1) is 31.9 Å². The van der Waals surface area contributed by atoms with Crippen molar-refractivity contribution in [3.63, 3.8) is 0 Å². The number of methoxy groups -OCH3 is 2. The molecule has 3 rings (SSSR count). The van der Waals surface area contributed by atoms with Crippen molar-refractivity contribution < 1.29 is 47.7 Å². The summed E-state index contributed by atoms with van der Waals surface area (Å²) in [4.78, 5) is 68.7. The number of H-pyrrole nitrogens is 1. The van der Waals surface area contributed by atoms with Crippen LogP contribution in [-0.2, 0) is 62.3 Å². The van der Waals surface area contributed by atoms with Crippen molar-refractivity contribution >= 4 is 35.4 Å². The smallest absolute Gasteiger partial charge is 0.355 e. The van der Waals surface area contributed by atoms with Gasteiger partial charge in [-0.25, -0.2) is 14.4 Å². The number of carbonyl (C=O) groups excluding carboxylic acids is 5. The Morgan fingerprint density at radius 3 is 2.00 bits per heavy atom. The molecule has 0 radical (unpaired) electrons. The highest BCUT2D eigenvalue weighted by molar-refractivity contribution is 6.15. The summed E-state index contributed by atoms with van der Waals surface area (Å²) >= 11 is 0. The number of esters is 5. The number of ether oxygens (including phenoxy) is 5. The van der Waals surface area contributed by atoms with Gasteiger partial charge in [-0.15, -0.1) is 0 Å². The Kier molecular flexibility index (Phi) is 12.6. The normalized spacial score (nSPS) is 15.9. The van der Waals surface area contributed by atoms with E-state index in [-0.39, 0.29) is 71.6 Å². The number of nitrogens with one attached hydrogen (secondary N) is 2. The third-order valence-corrected chi connectivity index (χ3v) is 7.68. The molecule has 274 valence electrons. The zero-order valence-corrected chi connectivity index (χ0v) is 31.0. The molecule has 13 nitrogen and oxygen atoms in total. The van der Waals surface area contributed by atoms with Gasteiger partial charge in [0, 0.05) is 23.2 Å². The highest BCUT2D eigenvalue weighted by Crippen LogP contribution is 2.44. The molecule has 2 heterocycles. The van der Waals surface area contributed by atoms with E-state index in [1.54, 1.807) is 79.7 Å². The predicted octanol–water partition coefficient (Wildman–Crippen LogP) is 5.38. The zero-order chi connectivity index (χ0) is 38.3. The van der Waals surface area contributed by atoms with E-state index in [1.807, 2.05) is 6.07 Å². The van der Waals surface area contributed by atoms with Gasteiger partial charge in [-0.05, 0) is 71.1 Å². The van der Waals surface area contributed by atoms with Crippen molar-refractivity contribution in [3.8, 4) is 6.07 Å². The highest BCUT2D eigenvalue weighted by atomic mass is 16.6. The fourth-order valence-corrected chi connectivity index (χ4v) is 5.45. The number of rotatable bonds is 11. The summed E-state index contributed by atoms with van der Waals surface area (Å²) in [6.07, 6.45) is -0.449. The SMILES string of the molecule is COC(=O)CCc1c(C(=O)OC(C)(C)C)[nH]c(/C(C#N)=C2\N/C(=C(/C(=O)OCc3ccccc3)C(=O)OC(C)(C)C)CC2(C)C)c1CC(=O)OC. The monoisotopic (exact) mass is 705 g/mol. The van der Waals surface area contributed by atoms with Gasteiger partial charge in [0.15, 0.2) is 5.57 Å². The molecule has 1 aliphatic rings. The van der Waals surface area contributed by atoms with Crippen LogP contribution in [-0.4, -0.2) is 60.3 Å². The third-order valence-electron chi connectivity index (χ3n) is 7.68. The van der Waals surface area contributed by atoms with Crippen LogP contribution in [0.2, 0.25) is 0 Å². The standard InChI is InChI=1S/C38H47N3O10/c1-36(2,3)50-34(45)29(33(44)49-21-22-14-12-11-13-15-22)26-19-38(7,8)32(40-26)25(20-39)30-24(18-28(43)48-10)23(16-17-27(42)47-9)31(41-30)35(46)51-37(4,5)6/h11-15,40-41H,16-19,21H2,1-10H3/b29-26-,32-25-. The van der Waals surface area contributed by atoms with Crippen LogP contribution in [0, 0.1) is 16.7 Å². The maximum atomic E-state index is 13.6. The molecule has 1 fully saturated rings. The van der Waals surface area contributed by atoms with Crippen molar-refractivity contribution in [1.29, 1.82) is 5.26 Å². The van der Waals surface area contributed by atoms with Crippen LogP contribution in [0.1, 0.15) is 101 Å². The lowest BCUT2D eigenvalue weighted by Crippen LogP contribution is -2.30. The highest BCUT2D eigenvalue weighted by Gasteiger charge is 2.42. The summed E-state index contributed by atoms with van der Waals surface area (Å²) in [6.45, 7) is 13.6. The lowest BCUT2D eigenvalue weighted by Gasteiger charge is -2.21. The number of hydrogen-bond donors (Lipinski definition) is 2. The molecule has 1 aliphatic heterocycles. The quantitative estimate of drug-likeness (QED) is 0.0761. The van der Waals surface area contributed by atoms with E-state index in [0.29, 0.717) is 11.3 Å². The van der Waals surface area contributed by atoms with E-state index in [4.69, 9.17) is 23.7 Å². The fourth-order valence-electron chi connectivity index (χ4n) is 5.45. The molecule has 0 spiro atoms. The Bertz CT molecular complexity index is 1780. The predicted molar refractivity (Wildman–Crippen MR) is 185 cm³/mol. The van der Waals surface area contributed by atoms with Crippen molar-refractivity contribution in [3.05, 3.63) is 75.4 Å². The molecule has 51 heavy (non-hydrogen) atoms. The average Bonchev–Trinajstić information content (AvgIpc) is 3.54. The fraction of sp³-hybridized carbons (Fsp3) is 0.474. The summed E-state index contributed by atoms with van der Waals surface area (Å²) in [7, 11) is 2.43. The first-order valence-electron chi connectivity index (χ1n) is 16.4. The first kappa shape index (κ1) is 40.1.